The number of nitrogens with one attached hydrogen (secondary N) is 1. The molecule has 0 saturated carbocycles. The maximum absolute atomic E-state index is 4.54. The van der Waals surface area contributed by atoms with Crippen molar-refractivity contribution in [3.63, 3.8) is 0 Å². The second kappa shape index (κ2) is 7.23. The summed E-state index contributed by atoms with van der Waals surface area (Å²) in [5, 5.41) is 8.18. The van der Waals surface area contributed by atoms with Crippen LogP contribution < -0.4 is 5.32 Å². The lowest BCUT2D eigenvalue weighted by Crippen LogP contribution is -2.33. The summed E-state index contributed by atoms with van der Waals surface area (Å²) < 4.78 is 1.99. The lowest BCUT2D eigenvalue weighted by Gasteiger charge is -2.17. The van der Waals surface area contributed by atoms with Gasteiger partial charge in [-0.25, -0.2) is 0 Å². The van der Waals surface area contributed by atoms with Crippen molar-refractivity contribution in [1.82, 2.24) is 15.1 Å². The van der Waals surface area contributed by atoms with Crippen LogP contribution in [0.2, 0.25) is 0 Å². The molecule has 0 bridgehead atoms. The average Bonchev–Trinajstić information content (AvgIpc) is 2.99. The number of aryl methyl sites for hydroxylation is 3. The minimum Gasteiger partial charge on any atom is -0.314 e. The molecule has 0 saturated heterocycles. The van der Waals surface area contributed by atoms with Gasteiger partial charge in [0.2, 0.25) is 0 Å². The molecule has 0 aliphatic carbocycles. The summed E-state index contributed by atoms with van der Waals surface area (Å²) in [7, 11) is 2.03. The smallest absolute Gasteiger partial charge is 0.0628 e. The van der Waals surface area contributed by atoms with Gasteiger partial charge in [0.05, 0.1) is 5.69 Å². The fourth-order valence-corrected chi connectivity index (χ4v) is 3.87. The van der Waals surface area contributed by atoms with Gasteiger partial charge in [0.1, 0.15) is 0 Å². The summed E-state index contributed by atoms with van der Waals surface area (Å²) >= 11 is 1.95. The molecule has 0 aliphatic heterocycles. The van der Waals surface area contributed by atoms with E-state index in [1.807, 2.05) is 23.1 Å². The van der Waals surface area contributed by atoms with Crippen LogP contribution in [0.5, 0.6) is 0 Å². The highest BCUT2D eigenvalue weighted by molar-refractivity contribution is 7.11. The largest absolute Gasteiger partial charge is 0.314 e. The summed E-state index contributed by atoms with van der Waals surface area (Å²) in [6.45, 7) is 9.70. The Balaban J connectivity index is 2.11. The van der Waals surface area contributed by atoms with Crippen LogP contribution in [0.1, 0.15) is 40.6 Å². The van der Waals surface area contributed by atoms with Crippen molar-refractivity contribution in [3.05, 3.63) is 38.8 Å². The van der Waals surface area contributed by atoms with E-state index in [0.29, 0.717) is 6.04 Å². The first-order valence-corrected chi connectivity index (χ1v) is 8.66. The third-order valence-electron chi connectivity index (χ3n) is 4.12. The Labute approximate surface area is 132 Å². The van der Waals surface area contributed by atoms with Crippen molar-refractivity contribution in [2.45, 2.75) is 53.0 Å². The molecule has 0 radical (unpaired) electrons. The van der Waals surface area contributed by atoms with Crippen LogP contribution in [0.4, 0.5) is 0 Å². The van der Waals surface area contributed by atoms with E-state index in [1.165, 1.54) is 26.7 Å². The third-order valence-corrected chi connectivity index (χ3v) is 5.37. The summed E-state index contributed by atoms with van der Waals surface area (Å²) in [5.41, 5.74) is 3.85. The monoisotopic (exact) mass is 305 g/mol. The first-order valence-electron chi connectivity index (χ1n) is 7.85. The van der Waals surface area contributed by atoms with Crippen molar-refractivity contribution < 1.29 is 0 Å². The highest BCUT2D eigenvalue weighted by atomic mass is 32.1. The Morgan fingerprint density at radius 1 is 1.19 bits per heavy atom. The van der Waals surface area contributed by atoms with Gasteiger partial charge >= 0.3 is 0 Å². The van der Waals surface area contributed by atoms with Crippen molar-refractivity contribution >= 4 is 11.3 Å². The van der Waals surface area contributed by atoms with Crippen molar-refractivity contribution in [2.24, 2.45) is 7.05 Å². The van der Waals surface area contributed by atoms with Crippen LogP contribution in [0.3, 0.4) is 0 Å². The number of rotatable bonds is 7. The fourth-order valence-electron chi connectivity index (χ4n) is 2.83. The third kappa shape index (κ3) is 3.95. The van der Waals surface area contributed by atoms with Crippen LogP contribution >= 0.6 is 11.3 Å². The molecule has 0 aliphatic rings. The van der Waals surface area contributed by atoms with Gasteiger partial charge in [-0.15, -0.1) is 11.3 Å². The summed E-state index contributed by atoms with van der Waals surface area (Å²) in [4.78, 5) is 2.96. The van der Waals surface area contributed by atoms with E-state index in [4.69, 9.17) is 0 Å². The molecule has 0 aromatic carbocycles. The summed E-state index contributed by atoms with van der Waals surface area (Å²) in [6, 6.07) is 5.04. The predicted octanol–water partition coefficient (Wildman–Crippen LogP) is 3.42. The van der Waals surface area contributed by atoms with Crippen molar-refractivity contribution in [3.8, 4) is 0 Å². The molecule has 1 N–H and O–H groups in total. The summed E-state index contributed by atoms with van der Waals surface area (Å²) in [6.07, 6.45) is 3.29. The van der Waals surface area contributed by atoms with Gasteiger partial charge in [0.15, 0.2) is 0 Å². The van der Waals surface area contributed by atoms with E-state index < -0.39 is 0 Å². The number of hydrogen-bond acceptors (Lipinski definition) is 3. The standard InChI is InChI=1S/C17H27N3S/c1-6-15-8-9-16(21-15)10-14(18-7-2)11-17-12(3)19-20(5)13(17)4/h8-9,14,18H,6-7,10-11H2,1-5H3. The molecule has 1 unspecified atom stereocenters. The zero-order valence-electron chi connectivity index (χ0n) is 13.9. The average molecular weight is 305 g/mol. The Morgan fingerprint density at radius 2 is 1.90 bits per heavy atom. The van der Waals surface area contributed by atoms with Crippen LogP contribution in [-0.4, -0.2) is 22.4 Å². The molecule has 1 atom stereocenters. The quantitative estimate of drug-likeness (QED) is 0.849. The number of nitrogens with zero attached hydrogens (tertiary/aromatic N) is 2. The number of aromatic nitrogens is 2. The zero-order chi connectivity index (χ0) is 15.4. The molecule has 3 nitrogen and oxygen atoms in total. The van der Waals surface area contributed by atoms with Gasteiger partial charge in [-0.2, -0.15) is 5.10 Å². The van der Waals surface area contributed by atoms with Gasteiger partial charge in [-0.05, 0) is 57.4 Å². The zero-order valence-corrected chi connectivity index (χ0v) is 14.7. The molecule has 21 heavy (non-hydrogen) atoms. The Kier molecular flexibility index (Phi) is 5.59. The summed E-state index contributed by atoms with van der Waals surface area (Å²) in [5.74, 6) is 0. The van der Waals surface area contributed by atoms with Crippen LogP contribution in [0, 0.1) is 13.8 Å². The molecule has 2 rings (SSSR count). The topological polar surface area (TPSA) is 29.9 Å². The van der Waals surface area contributed by atoms with Gasteiger partial charge < -0.3 is 5.32 Å². The van der Waals surface area contributed by atoms with E-state index in [1.54, 1.807) is 0 Å². The molecule has 0 spiro atoms. The maximum atomic E-state index is 4.54. The second-order valence-corrected chi connectivity index (χ2v) is 6.91. The van der Waals surface area contributed by atoms with Gasteiger partial charge in [-0.3, -0.25) is 4.68 Å². The maximum Gasteiger partial charge on any atom is 0.0628 e. The highest BCUT2D eigenvalue weighted by Crippen LogP contribution is 2.21. The van der Waals surface area contributed by atoms with Crippen molar-refractivity contribution in [1.29, 1.82) is 0 Å². The van der Waals surface area contributed by atoms with E-state index in [2.05, 4.69) is 50.2 Å². The lowest BCUT2D eigenvalue weighted by atomic mass is 10.0. The van der Waals surface area contributed by atoms with E-state index in [9.17, 15) is 0 Å². The first kappa shape index (κ1) is 16.2. The molecule has 4 heteroatoms. The van der Waals surface area contributed by atoms with Gasteiger partial charge in [0, 0.05) is 28.5 Å². The van der Waals surface area contributed by atoms with E-state index in [0.717, 1.165) is 25.8 Å². The van der Waals surface area contributed by atoms with E-state index >= 15 is 0 Å². The molecule has 116 valence electrons. The fraction of sp³-hybridized carbons (Fsp3) is 0.588. The van der Waals surface area contributed by atoms with Crippen LogP contribution in [0.25, 0.3) is 0 Å². The molecular formula is C17H27N3S. The van der Waals surface area contributed by atoms with Crippen molar-refractivity contribution in [2.75, 3.05) is 6.54 Å². The van der Waals surface area contributed by atoms with Gasteiger partial charge in [-0.1, -0.05) is 13.8 Å². The molecule has 2 heterocycles. The lowest BCUT2D eigenvalue weighted by molar-refractivity contribution is 0.522. The first-order chi connectivity index (χ1) is 10.0. The molecule has 0 amide bonds. The normalized spacial score (nSPS) is 12.8. The minimum absolute atomic E-state index is 0.486. The Hall–Kier alpha value is -1.13. The molecule has 2 aromatic rings. The highest BCUT2D eigenvalue weighted by Gasteiger charge is 2.16. The Morgan fingerprint density at radius 3 is 2.43 bits per heavy atom. The Bertz CT molecular complexity index is 583. The number of thiophene rings is 1. The van der Waals surface area contributed by atoms with E-state index in [-0.39, 0.29) is 0 Å². The molecular weight excluding hydrogens is 278 g/mol. The minimum atomic E-state index is 0.486. The molecule has 2 aromatic heterocycles. The van der Waals surface area contributed by atoms with Crippen LogP contribution in [-0.2, 0) is 26.3 Å². The molecule has 0 fully saturated rings. The number of likely N-dealkylation sites (N-methyl/N-ethyl adjacent to an activating group) is 1. The SMILES string of the molecule is CCNC(Cc1ccc(CC)s1)Cc1c(C)nn(C)c1C. The second-order valence-electron chi connectivity index (χ2n) is 5.66. The van der Waals surface area contributed by atoms with Crippen LogP contribution in [0.15, 0.2) is 12.1 Å². The van der Waals surface area contributed by atoms with Gasteiger partial charge in [0.25, 0.3) is 0 Å². The number of hydrogen-bond donors (Lipinski definition) is 1. The predicted molar refractivity (Wildman–Crippen MR) is 91.3 cm³/mol.